The smallest absolute Gasteiger partial charge is 0.404 e. The third kappa shape index (κ3) is 8.04. The molecule has 0 aliphatic rings. The zero-order valence-electron chi connectivity index (χ0n) is 6.99. The molecule has 0 aromatic heterocycles. The highest BCUT2D eigenvalue weighted by molar-refractivity contribution is 9.09. The van der Waals surface area contributed by atoms with Crippen molar-refractivity contribution in [2.75, 3.05) is 23.4 Å². The van der Waals surface area contributed by atoms with Crippen LogP contribution < -0.4 is 5.32 Å². The molecule has 0 fully saturated rings. The van der Waals surface area contributed by atoms with Crippen molar-refractivity contribution < 1.29 is 18.3 Å². The summed E-state index contributed by atoms with van der Waals surface area (Å²) < 4.78 is 22.2. The average molecular weight is 274 g/mol. The lowest BCUT2D eigenvalue weighted by Crippen LogP contribution is -2.28. The average Bonchev–Trinajstić information content (AvgIpc) is 2.00. The van der Waals surface area contributed by atoms with Gasteiger partial charge in [0.25, 0.3) is 0 Å². The van der Waals surface area contributed by atoms with Crippen LogP contribution in [0.4, 0.5) is 4.79 Å². The summed E-state index contributed by atoms with van der Waals surface area (Å²) in [5.74, 6) is -0.0359. The van der Waals surface area contributed by atoms with Crippen LogP contribution in [-0.4, -0.2) is 43.0 Å². The molecule has 0 aliphatic carbocycles. The number of carbonyl (C=O) groups is 1. The monoisotopic (exact) mass is 273 g/mol. The van der Waals surface area contributed by atoms with E-state index in [9.17, 15) is 13.2 Å². The molecule has 0 rings (SSSR count). The normalized spacial score (nSPS) is 11.2. The molecule has 13 heavy (non-hydrogen) atoms. The summed E-state index contributed by atoms with van der Waals surface area (Å²) in [6.07, 6.45) is -0.647. The van der Waals surface area contributed by atoms with Crippen molar-refractivity contribution in [1.29, 1.82) is 0 Å². The van der Waals surface area contributed by atoms with Gasteiger partial charge in [-0.1, -0.05) is 15.9 Å². The van der Waals surface area contributed by atoms with E-state index in [0.29, 0.717) is 11.8 Å². The molecule has 0 aromatic carbocycles. The Hall–Kier alpha value is -0.300. The van der Waals surface area contributed by atoms with Crippen molar-refractivity contribution >= 4 is 31.9 Å². The summed E-state index contributed by atoms with van der Waals surface area (Å²) in [6.45, 7) is -0.0417. The van der Waals surface area contributed by atoms with E-state index in [4.69, 9.17) is 5.11 Å². The second kappa shape index (κ2) is 6.20. The van der Waals surface area contributed by atoms with Gasteiger partial charge in [-0.05, 0) is 6.42 Å². The molecule has 0 aliphatic heterocycles. The first-order chi connectivity index (χ1) is 5.98. The molecule has 0 atom stereocenters. The van der Waals surface area contributed by atoms with Crippen molar-refractivity contribution in [1.82, 2.24) is 5.32 Å². The lowest BCUT2D eigenvalue weighted by atomic mass is 10.6. The van der Waals surface area contributed by atoms with Crippen LogP contribution in [0, 0.1) is 0 Å². The van der Waals surface area contributed by atoms with Gasteiger partial charge in [-0.15, -0.1) is 0 Å². The SMILES string of the molecule is O=C(O)NCCS(=O)(=O)CCCBr. The summed E-state index contributed by atoms with van der Waals surface area (Å²) >= 11 is 3.12. The fourth-order valence-corrected chi connectivity index (χ4v) is 2.54. The van der Waals surface area contributed by atoms with E-state index in [1.54, 1.807) is 0 Å². The molecule has 0 bridgehead atoms. The Morgan fingerprint density at radius 3 is 2.46 bits per heavy atom. The van der Waals surface area contributed by atoms with Gasteiger partial charge in [0.1, 0.15) is 0 Å². The molecule has 1 amide bonds. The number of amides is 1. The van der Waals surface area contributed by atoms with Crippen LogP contribution in [0.25, 0.3) is 0 Å². The topological polar surface area (TPSA) is 83.5 Å². The molecule has 0 unspecified atom stereocenters. The van der Waals surface area contributed by atoms with E-state index < -0.39 is 15.9 Å². The van der Waals surface area contributed by atoms with Gasteiger partial charge in [0.2, 0.25) is 0 Å². The lowest BCUT2D eigenvalue weighted by molar-refractivity contribution is 0.195. The number of hydrogen-bond donors (Lipinski definition) is 2. The molecular formula is C6H12BrNO4S. The highest BCUT2D eigenvalue weighted by Gasteiger charge is 2.09. The Bertz CT molecular complexity index is 251. The van der Waals surface area contributed by atoms with Crippen LogP contribution in [-0.2, 0) is 9.84 Å². The molecule has 0 spiro atoms. The quantitative estimate of drug-likeness (QED) is 0.689. The minimum atomic E-state index is -3.10. The number of carboxylic acid groups (broad SMARTS) is 1. The van der Waals surface area contributed by atoms with Crippen molar-refractivity contribution in [2.24, 2.45) is 0 Å². The number of alkyl halides is 1. The Labute approximate surface area is 85.6 Å². The van der Waals surface area contributed by atoms with Crippen LogP contribution in [0.2, 0.25) is 0 Å². The Kier molecular flexibility index (Phi) is 6.06. The summed E-state index contributed by atoms with van der Waals surface area (Å²) in [5.41, 5.74) is 0. The first-order valence-corrected chi connectivity index (χ1v) is 6.65. The minimum absolute atomic E-state index is 0.0417. The van der Waals surface area contributed by atoms with Crippen molar-refractivity contribution in [3.05, 3.63) is 0 Å². The Balaban J connectivity index is 3.70. The molecule has 0 saturated carbocycles. The maximum Gasteiger partial charge on any atom is 0.404 e. The van der Waals surface area contributed by atoms with E-state index in [2.05, 4.69) is 15.9 Å². The third-order valence-corrected chi connectivity index (χ3v) is 3.58. The fraction of sp³-hybridized carbons (Fsp3) is 0.833. The minimum Gasteiger partial charge on any atom is -0.465 e. The summed E-state index contributed by atoms with van der Waals surface area (Å²) in [4.78, 5) is 9.99. The predicted molar refractivity (Wildman–Crippen MR) is 53.1 cm³/mol. The largest absolute Gasteiger partial charge is 0.465 e. The molecule has 78 valence electrons. The first-order valence-electron chi connectivity index (χ1n) is 3.71. The molecule has 7 heteroatoms. The second-order valence-electron chi connectivity index (χ2n) is 2.43. The van der Waals surface area contributed by atoms with Crippen LogP contribution in [0.1, 0.15) is 6.42 Å². The Morgan fingerprint density at radius 2 is 2.00 bits per heavy atom. The zero-order valence-corrected chi connectivity index (χ0v) is 9.40. The summed E-state index contributed by atoms with van der Waals surface area (Å²) in [6, 6.07) is 0. The van der Waals surface area contributed by atoms with Gasteiger partial charge in [0.15, 0.2) is 9.84 Å². The number of hydrogen-bond acceptors (Lipinski definition) is 3. The van der Waals surface area contributed by atoms with Crippen molar-refractivity contribution in [3.63, 3.8) is 0 Å². The van der Waals surface area contributed by atoms with Gasteiger partial charge < -0.3 is 10.4 Å². The zero-order chi connectivity index (χ0) is 10.3. The van der Waals surface area contributed by atoms with Crippen LogP contribution in [0.3, 0.4) is 0 Å². The number of nitrogens with one attached hydrogen (secondary N) is 1. The Morgan fingerprint density at radius 1 is 1.38 bits per heavy atom. The van der Waals surface area contributed by atoms with Gasteiger partial charge in [-0.3, -0.25) is 0 Å². The fourth-order valence-electron chi connectivity index (χ4n) is 0.690. The van der Waals surface area contributed by atoms with Crippen LogP contribution >= 0.6 is 15.9 Å². The van der Waals surface area contributed by atoms with Gasteiger partial charge in [-0.25, -0.2) is 13.2 Å². The van der Waals surface area contributed by atoms with E-state index >= 15 is 0 Å². The third-order valence-electron chi connectivity index (χ3n) is 1.28. The molecule has 0 aromatic rings. The molecular weight excluding hydrogens is 262 g/mol. The summed E-state index contributed by atoms with van der Waals surface area (Å²) in [7, 11) is -3.10. The predicted octanol–water partition coefficient (Wildman–Crippen LogP) is 0.454. The molecule has 0 heterocycles. The van der Waals surface area contributed by atoms with E-state index in [1.165, 1.54) is 0 Å². The van der Waals surface area contributed by atoms with Crippen LogP contribution in [0.5, 0.6) is 0 Å². The maximum atomic E-state index is 11.1. The maximum absolute atomic E-state index is 11.1. The van der Waals surface area contributed by atoms with E-state index in [1.807, 2.05) is 5.32 Å². The van der Waals surface area contributed by atoms with E-state index in [-0.39, 0.29) is 18.1 Å². The highest BCUT2D eigenvalue weighted by atomic mass is 79.9. The lowest BCUT2D eigenvalue weighted by Gasteiger charge is -2.02. The molecule has 0 radical (unpaired) electrons. The number of sulfone groups is 1. The molecule has 0 saturated heterocycles. The van der Waals surface area contributed by atoms with Crippen molar-refractivity contribution in [2.45, 2.75) is 6.42 Å². The van der Waals surface area contributed by atoms with Gasteiger partial charge in [0.05, 0.1) is 11.5 Å². The first kappa shape index (κ1) is 12.7. The van der Waals surface area contributed by atoms with E-state index in [0.717, 1.165) is 0 Å². The number of rotatable bonds is 6. The molecule has 5 nitrogen and oxygen atoms in total. The second-order valence-corrected chi connectivity index (χ2v) is 5.52. The summed E-state index contributed by atoms with van der Waals surface area (Å²) in [5, 5.41) is 10.8. The van der Waals surface area contributed by atoms with Gasteiger partial charge in [-0.2, -0.15) is 0 Å². The molecule has 2 N–H and O–H groups in total. The highest BCUT2D eigenvalue weighted by Crippen LogP contribution is 1.96. The van der Waals surface area contributed by atoms with Crippen molar-refractivity contribution in [3.8, 4) is 0 Å². The van der Waals surface area contributed by atoms with Crippen LogP contribution in [0.15, 0.2) is 0 Å². The number of halogens is 1. The standard InChI is InChI=1S/C6H12BrNO4S/c7-2-1-4-13(11,12)5-3-8-6(9)10/h8H,1-5H2,(H,9,10). The van der Waals surface area contributed by atoms with Gasteiger partial charge in [0, 0.05) is 11.9 Å². The van der Waals surface area contributed by atoms with Gasteiger partial charge >= 0.3 is 6.09 Å².